The molecule has 0 bridgehead atoms. The van der Waals surface area contributed by atoms with Crippen LogP contribution in [0.2, 0.25) is 0 Å². The van der Waals surface area contributed by atoms with Crippen molar-refractivity contribution in [1.82, 2.24) is 5.32 Å². The highest BCUT2D eigenvalue weighted by atomic mass is 16.5. The Bertz CT molecular complexity index is 315. The van der Waals surface area contributed by atoms with Crippen LogP contribution in [0.5, 0.6) is 0 Å². The second-order valence-corrected chi connectivity index (χ2v) is 4.01. The molecule has 0 aliphatic heterocycles. The van der Waals surface area contributed by atoms with Gasteiger partial charge in [0.05, 0.1) is 19.0 Å². The zero-order valence-electron chi connectivity index (χ0n) is 9.28. The van der Waals surface area contributed by atoms with Gasteiger partial charge >= 0.3 is 0 Å². The summed E-state index contributed by atoms with van der Waals surface area (Å²) in [6, 6.07) is 3.34. The van der Waals surface area contributed by atoms with Gasteiger partial charge in [-0.15, -0.1) is 0 Å². The second-order valence-electron chi connectivity index (χ2n) is 4.01. The molecule has 0 spiro atoms. The fraction of sp³-hybridized carbons (Fsp3) is 0.583. The lowest BCUT2D eigenvalue weighted by Gasteiger charge is -2.10. The first-order valence-electron chi connectivity index (χ1n) is 5.79. The highest BCUT2D eigenvalue weighted by Crippen LogP contribution is 2.20. The van der Waals surface area contributed by atoms with Gasteiger partial charge in [-0.05, 0) is 25.0 Å². The van der Waals surface area contributed by atoms with Gasteiger partial charge in [-0.25, -0.2) is 0 Å². The zero-order valence-corrected chi connectivity index (χ0v) is 9.28. The third kappa shape index (κ3) is 3.10. The minimum absolute atomic E-state index is 0.181. The van der Waals surface area contributed by atoms with Gasteiger partial charge < -0.3 is 14.5 Å². The minimum atomic E-state index is -0.181. The molecule has 0 atom stereocenters. The summed E-state index contributed by atoms with van der Waals surface area (Å²) >= 11 is 0. The van der Waals surface area contributed by atoms with Crippen LogP contribution in [0.1, 0.15) is 36.2 Å². The van der Waals surface area contributed by atoms with Gasteiger partial charge in [0.1, 0.15) is 0 Å². The van der Waals surface area contributed by atoms with Gasteiger partial charge in [-0.2, -0.15) is 0 Å². The van der Waals surface area contributed by atoms with Crippen LogP contribution in [-0.4, -0.2) is 25.2 Å². The largest absolute Gasteiger partial charge is 0.459 e. The average Bonchev–Trinajstić information content (AvgIpc) is 2.96. The molecular weight excluding hydrogens is 206 g/mol. The molecule has 1 heterocycles. The first-order chi connectivity index (χ1) is 7.86. The molecule has 4 heteroatoms. The Kier molecular flexibility index (Phi) is 3.99. The maximum Gasteiger partial charge on any atom is 0.287 e. The van der Waals surface area contributed by atoms with Crippen LogP contribution in [-0.2, 0) is 4.74 Å². The van der Waals surface area contributed by atoms with Gasteiger partial charge in [-0.1, -0.05) is 12.8 Å². The number of hydrogen-bond donors (Lipinski definition) is 1. The third-order valence-electron chi connectivity index (χ3n) is 2.79. The van der Waals surface area contributed by atoms with E-state index in [1.165, 1.54) is 19.1 Å². The summed E-state index contributed by atoms with van der Waals surface area (Å²) in [6.07, 6.45) is 6.75. The van der Waals surface area contributed by atoms with Crippen molar-refractivity contribution >= 4 is 5.91 Å². The normalized spacial score (nSPS) is 16.5. The van der Waals surface area contributed by atoms with E-state index in [9.17, 15) is 4.79 Å². The van der Waals surface area contributed by atoms with Gasteiger partial charge in [-0.3, -0.25) is 4.79 Å². The summed E-state index contributed by atoms with van der Waals surface area (Å²) in [5.74, 6) is 0.167. The monoisotopic (exact) mass is 223 g/mol. The molecule has 0 radical (unpaired) electrons. The molecule has 1 N–H and O–H groups in total. The number of carbonyl (C=O) groups excluding carboxylic acids is 1. The molecule has 1 saturated carbocycles. The Morgan fingerprint density at radius 2 is 2.31 bits per heavy atom. The number of furan rings is 1. The van der Waals surface area contributed by atoms with E-state index < -0.39 is 0 Å². The predicted octanol–water partition coefficient (Wildman–Crippen LogP) is 1.97. The SMILES string of the molecule is O=C(NCCOC1CCCC1)c1ccco1. The van der Waals surface area contributed by atoms with E-state index in [-0.39, 0.29) is 5.91 Å². The van der Waals surface area contributed by atoms with Crippen LogP contribution in [0.3, 0.4) is 0 Å². The van der Waals surface area contributed by atoms with Crippen molar-refractivity contribution in [3.63, 3.8) is 0 Å². The van der Waals surface area contributed by atoms with Gasteiger partial charge in [0.25, 0.3) is 5.91 Å². The van der Waals surface area contributed by atoms with E-state index in [4.69, 9.17) is 9.15 Å². The molecule has 1 fully saturated rings. The van der Waals surface area contributed by atoms with Gasteiger partial charge in [0.2, 0.25) is 0 Å². The van der Waals surface area contributed by atoms with Gasteiger partial charge in [0, 0.05) is 6.54 Å². The Labute approximate surface area is 95.0 Å². The highest BCUT2D eigenvalue weighted by Gasteiger charge is 2.15. The van der Waals surface area contributed by atoms with E-state index in [0.717, 1.165) is 12.8 Å². The highest BCUT2D eigenvalue weighted by molar-refractivity contribution is 5.91. The predicted molar refractivity (Wildman–Crippen MR) is 59.2 cm³/mol. The van der Waals surface area contributed by atoms with E-state index in [1.54, 1.807) is 12.1 Å². The van der Waals surface area contributed by atoms with Crippen molar-refractivity contribution in [1.29, 1.82) is 0 Å². The van der Waals surface area contributed by atoms with Crippen molar-refractivity contribution < 1.29 is 13.9 Å². The summed E-state index contributed by atoms with van der Waals surface area (Å²) in [6.45, 7) is 1.12. The first kappa shape index (κ1) is 11.2. The smallest absolute Gasteiger partial charge is 0.287 e. The van der Waals surface area contributed by atoms with Crippen molar-refractivity contribution in [3.05, 3.63) is 24.2 Å². The second kappa shape index (κ2) is 5.70. The van der Waals surface area contributed by atoms with Crippen LogP contribution in [0.4, 0.5) is 0 Å². The average molecular weight is 223 g/mol. The molecule has 4 nitrogen and oxygen atoms in total. The maximum atomic E-state index is 11.4. The molecule has 1 aliphatic rings. The fourth-order valence-corrected chi connectivity index (χ4v) is 1.94. The Hall–Kier alpha value is -1.29. The van der Waals surface area contributed by atoms with Crippen molar-refractivity contribution in [2.75, 3.05) is 13.2 Å². The summed E-state index contributed by atoms with van der Waals surface area (Å²) in [5.41, 5.74) is 0. The lowest BCUT2D eigenvalue weighted by molar-refractivity contribution is 0.0577. The number of rotatable bonds is 5. The van der Waals surface area contributed by atoms with Crippen molar-refractivity contribution in [3.8, 4) is 0 Å². The molecule has 16 heavy (non-hydrogen) atoms. The molecule has 1 aromatic rings. The Morgan fingerprint density at radius 3 is 3.00 bits per heavy atom. The van der Waals surface area contributed by atoms with Crippen LogP contribution in [0.15, 0.2) is 22.8 Å². The molecule has 0 saturated heterocycles. The molecule has 2 rings (SSSR count). The molecule has 1 aromatic heterocycles. The van der Waals surface area contributed by atoms with E-state index >= 15 is 0 Å². The Morgan fingerprint density at radius 1 is 1.50 bits per heavy atom. The number of carbonyl (C=O) groups is 1. The molecular formula is C12H17NO3. The van der Waals surface area contributed by atoms with Crippen LogP contribution >= 0.6 is 0 Å². The summed E-state index contributed by atoms with van der Waals surface area (Å²) in [4.78, 5) is 11.4. The maximum absolute atomic E-state index is 11.4. The number of ether oxygens (including phenoxy) is 1. The van der Waals surface area contributed by atoms with Crippen molar-refractivity contribution in [2.45, 2.75) is 31.8 Å². The summed E-state index contributed by atoms with van der Waals surface area (Å²) in [7, 11) is 0. The third-order valence-corrected chi connectivity index (χ3v) is 2.79. The lowest BCUT2D eigenvalue weighted by Crippen LogP contribution is -2.28. The topological polar surface area (TPSA) is 51.5 Å². The zero-order chi connectivity index (χ0) is 11.2. The quantitative estimate of drug-likeness (QED) is 0.776. The lowest BCUT2D eigenvalue weighted by atomic mass is 10.3. The van der Waals surface area contributed by atoms with Crippen LogP contribution in [0.25, 0.3) is 0 Å². The Balaban J connectivity index is 1.59. The van der Waals surface area contributed by atoms with Crippen LogP contribution in [0, 0.1) is 0 Å². The number of hydrogen-bond acceptors (Lipinski definition) is 3. The van der Waals surface area contributed by atoms with E-state index in [0.29, 0.717) is 25.0 Å². The number of amides is 1. The molecule has 1 amide bonds. The van der Waals surface area contributed by atoms with Crippen LogP contribution < -0.4 is 5.32 Å². The van der Waals surface area contributed by atoms with Gasteiger partial charge in [0.15, 0.2) is 5.76 Å². The summed E-state index contributed by atoms with van der Waals surface area (Å²) < 4.78 is 10.6. The first-order valence-corrected chi connectivity index (χ1v) is 5.79. The van der Waals surface area contributed by atoms with E-state index in [1.807, 2.05) is 0 Å². The molecule has 88 valence electrons. The minimum Gasteiger partial charge on any atom is -0.459 e. The molecule has 1 aliphatic carbocycles. The van der Waals surface area contributed by atoms with E-state index in [2.05, 4.69) is 5.32 Å². The number of nitrogens with one attached hydrogen (secondary N) is 1. The molecule has 0 aromatic carbocycles. The standard InChI is InChI=1S/C12H17NO3/c14-12(11-6-3-8-16-11)13-7-9-15-10-4-1-2-5-10/h3,6,8,10H,1-2,4-5,7,9H2,(H,13,14). The molecule has 0 unspecified atom stereocenters. The fourth-order valence-electron chi connectivity index (χ4n) is 1.94. The van der Waals surface area contributed by atoms with Crippen molar-refractivity contribution in [2.24, 2.45) is 0 Å². The summed E-state index contributed by atoms with van der Waals surface area (Å²) in [5, 5.41) is 2.75.